The quantitative estimate of drug-likeness (QED) is 0.866. The summed E-state index contributed by atoms with van der Waals surface area (Å²) in [5, 5.41) is 7.09. The molecule has 7 heteroatoms. The molecule has 1 aliphatic heterocycles. The maximum Gasteiger partial charge on any atom is 0.317 e. The van der Waals surface area contributed by atoms with E-state index in [9.17, 15) is 4.79 Å². The van der Waals surface area contributed by atoms with Crippen LogP contribution >= 0.6 is 0 Å². The highest BCUT2D eigenvalue weighted by atomic mass is 16.2. The number of aromatic nitrogens is 3. The second-order valence-electron chi connectivity index (χ2n) is 6.64. The van der Waals surface area contributed by atoms with E-state index in [0.29, 0.717) is 25.0 Å². The lowest BCUT2D eigenvalue weighted by Gasteiger charge is -2.28. The molecule has 0 saturated carbocycles. The van der Waals surface area contributed by atoms with Gasteiger partial charge >= 0.3 is 6.03 Å². The van der Waals surface area contributed by atoms with Crippen LogP contribution in [0.2, 0.25) is 0 Å². The molecule has 1 aliphatic rings. The van der Waals surface area contributed by atoms with Crippen LogP contribution in [-0.2, 0) is 6.54 Å². The third-order valence-corrected chi connectivity index (χ3v) is 4.83. The molecule has 3 rings (SSSR count). The molecule has 1 saturated heterocycles. The Kier molecular flexibility index (Phi) is 5.65. The molecule has 1 N–H and O–H groups in total. The van der Waals surface area contributed by atoms with Crippen molar-refractivity contribution in [2.24, 2.45) is 5.92 Å². The lowest BCUT2D eigenvalue weighted by atomic mass is 9.94. The largest absolute Gasteiger partial charge is 0.336 e. The molecule has 0 radical (unpaired) electrons. The monoisotopic (exact) mass is 342 g/mol. The van der Waals surface area contributed by atoms with Crippen LogP contribution < -0.4 is 5.32 Å². The molecule has 0 aliphatic carbocycles. The van der Waals surface area contributed by atoms with Gasteiger partial charge in [0.2, 0.25) is 0 Å². The molecule has 7 nitrogen and oxygen atoms in total. The van der Waals surface area contributed by atoms with Crippen LogP contribution in [0.5, 0.6) is 0 Å². The Morgan fingerprint density at radius 2 is 2.28 bits per heavy atom. The molecule has 0 aromatic carbocycles. The Morgan fingerprint density at radius 3 is 3.00 bits per heavy atom. The van der Waals surface area contributed by atoms with Crippen molar-refractivity contribution in [3.8, 4) is 0 Å². The third kappa shape index (κ3) is 4.36. The summed E-state index contributed by atoms with van der Waals surface area (Å²) in [5.74, 6) is 0.413. The molecule has 2 atom stereocenters. The number of hydrogen-bond donors (Lipinski definition) is 1. The molecule has 0 spiro atoms. The Hall–Kier alpha value is -2.41. The summed E-state index contributed by atoms with van der Waals surface area (Å²) in [5.41, 5.74) is 1.22. The lowest BCUT2D eigenvalue weighted by molar-refractivity contribution is 0.189. The molecule has 3 heterocycles. The molecule has 2 aromatic heterocycles. The maximum atomic E-state index is 12.3. The molecule has 1 fully saturated rings. The van der Waals surface area contributed by atoms with Crippen molar-refractivity contribution in [1.29, 1.82) is 0 Å². The summed E-state index contributed by atoms with van der Waals surface area (Å²) in [6.45, 7) is 3.02. The fourth-order valence-electron chi connectivity index (χ4n) is 3.57. The van der Waals surface area contributed by atoms with Gasteiger partial charge in [-0.15, -0.1) is 0 Å². The highest BCUT2D eigenvalue weighted by Crippen LogP contribution is 2.35. The Morgan fingerprint density at radius 1 is 1.40 bits per heavy atom. The van der Waals surface area contributed by atoms with Gasteiger partial charge < -0.3 is 10.2 Å². The number of carbonyl (C=O) groups excluding carboxylic acids is 1. The van der Waals surface area contributed by atoms with Crippen LogP contribution in [0.25, 0.3) is 0 Å². The van der Waals surface area contributed by atoms with Crippen LogP contribution in [0, 0.1) is 5.92 Å². The van der Waals surface area contributed by atoms with Crippen molar-refractivity contribution in [2.45, 2.75) is 19.0 Å². The first-order valence-corrected chi connectivity index (χ1v) is 8.71. The summed E-state index contributed by atoms with van der Waals surface area (Å²) in [6.07, 6.45) is 8.45. The summed E-state index contributed by atoms with van der Waals surface area (Å²) >= 11 is 0. The summed E-state index contributed by atoms with van der Waals surface area (Å²) in [7, 11) is 4.00. The van der Waals surface area contributed by atoms with Gasteiger partial charge in [0, 0.05) is 51.0 Å². The van der Waals surface area contributed by atoms with Gasteiger partial charge in [0.05, 0.1) is 6.54 Å². The molecule has 0 unspecified atom stereocenters. The van der Waals surface area contributed by atoms with Crippen molar-refractivity contribution in [3.63, 3.8) is 0 Å². The zero-order valence-electron chi connectivity index (χ0n) is 14.9. The molecule has 134 valence electrons. The van der Waals surface area contributed by atoms with Gasteiger partial charge in [-0.2, -0.15) is 5.10 Å². The topological polar surface area (TPSA) is 66.3 Å². The van der Waals surface area contributed by atoms with Crippen molar-refractivity contribution in [2.75, 3.05) is 33.7 Å². The van der Waals surface area contributed by atoms with Crippen molar-refractivity contribution < 1.29 is 4.79 Å². The van der Waals surface area contributed by atoms with E-state index in [1.54, 1.807) is 17.3 Å². The van der Waals surface area contributed by atoms with Gasteiger partial charge in [0.15, 0.2) is 0 Å². The van der Waals surface area contributed by atoms with E-state index in [4.69, 9.17) is 0 Å². The maximum absolute atomic E-state index is 12.3. The smallest absolute Gasteiger partial charge is 0.317 e. The Labute approximate surface area is 148 Å². The number of hydrogen-bond acceptors (Lipinski definition) is 4. The van der Waals surface area contributed by atoms with Gasteiger partial charge in [-0.25, -0.2) is 4.79 Å². The van der Waals surface area contributed by atoms with Crippen LogP contribution in [0.15, 0.2) is 43.0 Å². The van der Waals surface area contributed by atoms with Gasteiger partial charge in [-0.1, -0.05) is 6.07 Å². The number of pyridine rings is 1. The number of nitrogens with zero attached hydrogens (tertiary/aromatic N) is 5. The average Bonchev–Trinajstić information content (AvgIpc) is 3.25. The molecule has 2 aromatic rings. The first-order valence-electron chi connectivity index (χ1n) is 8.71. The highest BCUT2D eigenvalue weighted by Gasteiger charge is 2.34. The number of urea groups is 1. The zero-order valence-corrected chi connectivity index (χ0v) is 14.9. The second-order valence-corrected chi connectivity index (χ2v) is 6.64. The molecule has 0 bridgehead atoms. The third-order valence-electron chi connectivity index (χ3n) is 4.83. The fraction of sp³-hybridized carbons (Fsp3) is 0.500. The van der Waals surface area contributed by atoms with E-state index in [0.717, 1.165) is 19.5 Å². The lowest BCUT2D eigenvalue weighted by Crippen LogP contribution is -2.41. The summed E-state index contributed by atoms with van der Waals surface area (Å²) in [6, 6.07) is 6.25. The zero-order chi connectivity index (χ0) is 17.6. The van der Waals surface area contributed by atoms with Gasteiger partial charge in [-0.05, 0) is 43.6 Å². The summed E-state index contributed by atoms with van der Waals surface area (Å²) < 4.78 is 1.81. The van der Waals surface area contributed by atoms with Crippen LogP contribution in [-0.4, -0.2) is 64.3 Å². The number of likely N-dealkylation sites (tertiary alicyclic amines) is 1. The standard InChI is InChI=1S/C18H26N6O/c1-22-11-6-16(17(22)15-5-3-7-19-13-15)14-23(2)18(25)20-9-12-24-10-4-8-21-24/h3-5,7-8,10,13,16-17H,6,9,11-12,14H2,1-2H3,(H,20,25)/t16-,17-/m0/s1. The van der Waals surface area contributed by atoms with Crippen LogP contribution in [0.3, 0.4) is 0 Å². The molecule has 25 heavy (non-hydrogen) atoms. The van der Waals surface area contributed by atoms with Crippen molar-refractivity contribution in [3.05, 3.63) is 48.5 Å². The molecular weight excluding hydrogens is 316 g/mol. The second kappa shape index (κ2) is 8.11. The van der Waals surface area contributed by atoms with Crippen molar-refractivity contribution in [1.82, 2.24) is 29.9 Å². The minimum absolute atomic E-state index is 0.0355. The van der Waals surface area contributed by atoms with Crippen LogP contribution in [0.4, 0.5) is 4.79 Å². The minimum atomic E-state index is -0.0355. The van der Waals surface area contributed by atoms with E-state index in [1.165, 1.54) is 5.56 Å². The first kappa shape index (κ1) is 17.4. The van der Waals surface area contributed by atoms with E-state index in [-0.39, 0.29) is 6.03 Å². The minimum Gasteiger partial charge on any atom is -0.336 e. The number of nitrogens with one attached hydrogen (secondary N) is 1. The molecular formula is C18H26N6O. The van der Waals surface area contributed by atoms with E-state index in [1.807, 2.05) is 36.3 Å². The Balaban J connectivity index is 1.52. The van der Waals surface area contributed by atoms with Crippen molar-refractivity contribution >= 4 is 6.03 Å². The number of rotatable bonds is 6. The van der Waals surface area contributed by atoms with E-state index in [2.05, 4.69) is 33.4 Å². The Bertz CT molecular complexity index is 659. The van der Waals surface area contributed by atoms with E-state index < -0.39 is 0 Å². The molecule has 2 amide bonds. The SMILES string of the molecule is CN(C[C@@H]1CCN(C)[C@H]1c1cccnc1)C(=O)NCCn1cccn1. The fourth-order valence-corrected chi connectivity index (χ4v) is 3.57. The number of carbonyl (C=O) groups is 1. The van der Waals surface area contributed by atoms with E-state index >= 15 is 0 Å². The highest BCUT2D eigenvalue weighted by molar-refractivity contribution is 5.73. The number of amides is 2. The predicted molar refractivity (Wildman–Crippen MR) is 96.0 cm³/mol. The van der Waals surface area contributed by atoms with Gasteiger partial charge in [0.1, 0.15) is 0 Å². The normalized spacial score (nSPS) is 20.6. The average molecular weight is 342 g/mol. The van der Waals surface area contributed by atoms with Crippen LogP contribution in [0.1, 0.15) is 18.0 Å². The predicted octanol–water partition coefficient (Wildman–Crippen LogP) is 1.61. The summed E-state index contributed by atoms with van der Waals surface area (Å²) in [4.78, 5) is 20.7. The van der Waals surface area contributed by atoms with Gasteiger partial charge in [0.25, 0.3) is 0 Å². The first-order chi connectivity index (χ1) is 12.1. The van der Waals surface area contributed by atoms with Gasteiger partial charge in [-0.3, -0.25) is 14.6 Å².